The number of carbonyl (C=O) groups excluding carboxylic acids is 1. The van der Waals surface area contributed by atoms with Crippen LogP contribution in [0, 0.1) is 0 Å². The van der Waals surface area contributed by atoms with Crippen LogP contribution >= 0.6 is 0 Å². The number of hydrogen-bond acceptors (Lipinski definition) is 5. The van der Waals surface area contributed by atoms with Crippen LogP contribution in [0.1, 0.15) is 54.0 Å². The van der Waals surface area contributed by atoms with Crippen molar-refractivity contribution in [2.75, 3.05) is 0 Å². The minimum absolute atomic E-state index is 0.0389. The molecule has 6 nitrogen and oxygen atoms in total. The van der Waals surface area contributed by atoms with Crippen LogP contribution in [-0.2, 0) is 20.2 Å². The molecule has 0 aromatic carbocycles. The van der Waals surface area contributed by atoms with E-state index in [-0.39, 0.29) is 16.5 Å². The highest BCUT2D eigenvalue weighted by molar-refractivity contribution is 6.65. The Kier molecular flexibility index (Phi) is 4.83. The summed E-state index contributed by atoms with van der Waals surface area (Å²) in [6.07, 6.45) is -3.27. The summed E-state index contributed by atoms with van der Waals surface area (Å²) >= 11 is 0. The van der Waals surface area contributed by atoms with Crippen LogP contribution in [0.25, 0.3) is 11.0 Å². The molecular formula is C19H24BF3N2O4. The molecule has 2 aromatic heterocycles. The van der Waals surface area contributed by atoms with E-state index in [9.17, 15) is 18.0 Å². The quantitative estimate of drug-likeness (QED) is 0.659. The minimum atomic E-state index is -4.58. The molecule has 10 heteroatoms. The predicted octanol–water partition coefficient (Wildman–Crippen LogP) is 4.14. The number of halogens is 3. The average molecular weight is 412 g/mol. The average Bonchev–Trinajstić information content (AvgIpc) is 2.99. The van der Waals surface area contributed by atoms with Gasteiger partial charge in [0.2, 0.25) is 0 Å². The van der Waals surface area contributed by atoms with Gasteiger partial charge in [-0.05, 0) is 54.5 Å². The van der Waals surface area contributed by atoms with Gasteiger partial charge < -0.3 is 14.0 Å². The Hall–Kier alpha value is -2.07. The highest BCUT2D eigenvalue weighted by Crippen LogP contribution is 2.37. The van der Waals surface area contributed by atoms with Gasteiger partial charge in [0.05, 0.1) is 16.8 Å². The van der Waals surface area contributed by atoms with Crippen molar-refractivity contribution in [3.8, 4) is 0 Å². The van der Waals surface area contributed by atoms with Gasteiger partial charge in [-0.2, -0.15) is 13.2 Å². The lowest BCUT2D eigenvalue weighted by molar-refractivity contribution is -0.137. The van der Waals surface area contributed by atoms with Gasteiger partial charge in [0, 0.05) is 23.2 Å². The van der Waals surface area contributed by atoms with Crippen molar-refractivity contribution < 1.29 is 32.0 Å². The van der Waals surface area contributed by atoms with Crippen molar-refractivity contribution in [2.45, 2.75) is 71.4 Å². The molecule has 3 heterocycles. The third kappa shape index (κ3) is 4.00. The molecular weight excluding hydrogens is 388 g/mol. The number of fused-ring (bicyclic) bond motifs is 1. The number of nitrogens with zero attached hydrogens (tertiary/aromatic N) is 2. The van der Waals surface area contributed by atoms with Crippen molar-refractivity contribution in [1.82, 2.24) is 9.55 Å². The molecule has 0 N–H and O–H groups in total. The first-order chi connectivity index (χ1) is 13.0. The van der Waals surface area contributed by atoms with Gasteiger partial charge in [-0.25, -0.2) is 14.3 Å². The zero-order valence-corrected chi connectivity index (χ0v) is 17.5. The van der Waals surface area contributed by atoms with Crippen LogP contribution in [0.5, 0.6) is 0 Å². The summed E-state index contributed by atoms with van der Waals surface area (Å²) in [7, 11) is -0.962. The first-order valence-corrected chi connectivity index (χ1v) is 9.19. The fourth-order valence-electron chi connectivity index (χ4n) is 2.89. The van der Waals surface area contributed by atoms with E-state index in [2.05, 4.69) is 4.98 Å². The van der Waals surface area contributed by atoms with Crippen LogP contribution < -0.4 is 5.46 Å². The number of alkyl halides is 3. The molecule has 0 atom stereocenters. The SMILES string of the molecule is CC(C)(C)OC(=O)n1cc(B2OC(C)(C)C(C)(C)O2)c2cc(C(F)(F)F)cnc21. The maximum absolute atomic E-state index is 13.3. The number of ether oxygens (including phenoxy) is 1. The molecule has 0 aliphatic carbocycles. The molecule has 1 saturated heterocycles. The monoisotopic (exact) mass is 412 g/mol. The van der Waals surface area contributed by atoms with Gasteiger partial charge >= 0.3 is 19.4 Å². The van der Waals surface area contributed by atoms with Crippen LogP contribution in [0.4, 0.5) is 18.0 Å². The van der Waals surface area contributed by atoms with E-state index in [1.807, 2.05) is 27.7 Å². The molecule has 158 valence electrons. The summed E-state index contributed by atoms with van der Waals surface area (Å²) in [6, 6.07) is 0.948. The van der Waals surface area contributed by atoms with Crippen molar-refractivity contribution in [1.29, 1.82) is 0 Å². The van der Waals surface area contributed by atoms with Crippen LogP contribution in [-0.4, -0.2) is 39.6 Å². The Morgan fingerprint density at radius 3 is 2.17 bits per heavy atom. The second kappa shape index (κ2) is 6.47. The van der Waals surface area contributed by atoms with E-state index in [1.165, 1.54) is 6.20 Å². The molecule has 0 saturated carbocycles. The molecule has 0 radical (unpaired) electrons. The number of rotatable bonds is 1. The van der Waals surface area contributed by atoms with Crippen molar-refractivity contribution in [2.24, 2.45) is 0 Å². The normalized spacial score (nSPS) is 19.0. The molecule has 1 aliphatic heterocycles. The summed E-state index contributed by atoms with van der Waals surface area (Å²) in [5.74, 6) is 0. The zero-order chi connectivity index (χ0) is 22.0. The molecule has 1 fully saturated rings. The minimum Gasteiger partial charge on any atom is -0.443 e. The van der Waals surface area contributed by atoms with Crippen LogP contribution in [0.2, 0.25) is 0 Å². The Balaban J connectivity index is 2.17. The van der Waals surface area contributed by atoms with Crippen molar-refractivity contribution in [3.63, 3.8) is 0 Å². The number of carbonyl (C=O) groups is 1. The second-order valence-corrected chi connectivity index (χ2v) is 9.12. The highest BCUT2D eigenvalue weighted by Gasteiger charge is 2.52. The zero-order valence-electron chi connectivity index (χ0n) is 17.5. The lowest BCUT2D eigenvalue weighted by Gasteiger charge is -2.32. The van der Waals surface area contributed by atoms with Crippen molar-refractivity contribution >= 4 is 29.7 Å². The van der Waals surface area contributed by atoms with E-state index < -0.39 is 41.8 Å². The summed E-state index contributed by atoms with van der Waals surface area (Å²) < 4.78 is 58.2. The third-order valence-electron chi connectivity index (χ3n) is 5.10. The summed E-state index contributed by atoms with van der Waals surface area (Å²) in [5.41, 5.74) is -2.80. The number of hydrogen-bond donors (Lipinski definition) is 0. The van der Waals surface area contributed by atoms with Gasteiger partial charge in [-0.1, -0.05) is 0 Å². The lowest BCUT2D eigenvalue weighted by Crippen LogP contribution is -2.41. The third-order valence-corrected chi connectivity index (χ3v) is 5.10. The van der Waals surface area contributed by atoms with Crippen LogP contribution in [0.3, 0.4) is 0 Å². The molecule has 0 bridgehead atoms. The summed E-state index contributed by atoms with van der Waals surface area (Å²) in [5, 5.41) is 0.115. The first kappa shape index (κ1) is 21.6. The van der Waals surface area contributed by atoms with Gasteiger partial charge in [0.1, 0.15) is 11.2 Å². The molecule has 2 aromatic rings. The van der Waals surface area contributed by atoms with E-state index in [4.69, 9.17) is 14.0 Å². The molecule has 0 spiro atoms. The maximum atomic E-state index is 13.3. The van der Waals surface area contributed by atoms with Crippen molar-refractivity contribution in [3.05, 3.63) is 24.0 Å². The molecule has 3 rings (SSSR count). The Morgan fingerprint density at radius 2 is 1.69 bits per heavy atom. The number of pyridine rings is 1. The topological polar surface area (TPSA) is 62.6 Å². The first-order valence-electron chi connectivity index (χ1n) is 9.19. The molecule has 0 amide bonds. The van der Waals surface area contributed by atoms with Gasteiger partial charge in [-0.15, -0.1) is 0 Å². The Bertz CT molecular complexity index is 945. The highest BCUT2D eigenvalue weighted by atomic mass is 19.4. The lowest BCUT2D eigenvalue weighted by atomic mass is 9.79. The van der Waals surface area contributed by atoms with E-state index in [0.717, 1.165) is 10.6 Å². The summed E-state index contributed by atoms with van der Waals surface area (Å²) in [6.45, 7) is 12.4. The molecule has 29 heavy (non-hydrogen) atoms. The Morgan fingerprint density at radius 1 is 1.14 bits per heavy atom. The number of aromatic nitrogens is 2. The molecule has 1 aliphatic rings. The second-order valence-electron chi connectivity index (χ2n) is 9.12. The van der Waals surface area contributed by atoms with Gasteiger partial charge in [-0.3, -0.25) is 0 Å². The van der Waals surface area contributed by atoms with Gasteiger partial charge in [0.15, 0.2) is 0 Å². The molecule has 0 unspecified atom stereocenters. The largest absolute Gasteiger partial charge is 0.497 e. The fraction of sp³-hybridized carbons (Fsp3) is 0.579. The summed E-state index contributed by atoms with van der Waals surface area (Å²) in [4.78, 5) is 16.5. The van der Waals surface area contributed by atoms with E-state index >= 15 is 0 Å². The van der Waals surface area contributed by atoms with E-state index in [1.54, 1.807) is 20.8 Å². The van der Waals surface area contributed by atoms with Crippen LogP contribution in [0.15, 0.2) is 18.5 Å². The maximum Gasteiger partial charge on any atom is 0.497 e. The standard InChI is InChI=1S/C19H24BF3N2O4/c1-16(2,3)27-15(26)25-10-13(20-28-17(4,5)18(6,7)29-20)12-8-11(19(21,22)23)9-24-14(12)25/h8-10H,1-7H3. The van der Waals surface area contributed by atoms with Gasteiger partial charge in [0.25, 0.3) is 0 Å². The van der Waals surface area contributed by atoms with E-state index in [0.29, 0.717) is 6.20 Å². The fourth-order valence-corrected chi connectivity index (χ4v) is 2.89. The Labute approximate surface area is 167 Å². The smallest absolute Gasteiger partial charge is 0.443 e. The predicted molar refractivity (Wildman–Crippen MR) is 102 cm³/mol.